The van der Waals surface area contributed by atoms with E-state index in [1.165, 1.54) is 30.7 Å². The number of phenolic OH excluding ortho intramolecular Hbond substituents is 1. The third-order valence-electron chi connectivity index (χ3n) is 6.04. The average Bonchev–Trinajstić information content (AvgIpc) is 2.90. The Kier molecular flexibility index (Phi) is 6.56. The molecule has 1 aromatic carbocycles. The maximum Gasteiger partial charge on any atom is 0.235 e. The van der Waals surface area contributed by atoms with E-state index in [4.69, 9.17) is 23.4 Å². The SMILES string of the molecule is O=c1c(O[C@@H]2O[C@H](CO)[C@H](O)[C@H](O)[C@H]2O)c(C2=COC=C(C3=CC=CCC3)O2)oc2cc(O)ccc12. The molecule has 2 aromatic rings. The first-order valence-electron chi connectivity index (χ1n) is 11.2. The van der Waals surface area contributed by atoms with Crippen LogP contribution in [0.4, 0.5) is 0 Å². The van der Waals surface area contributed by atoms with Gasteiger partial charge in [0, 0.05) is 6.07 Å². The highest BCUT2D eigenvalue weighted by atomic mass is 16.7. The third-order valence-corrected chi connectivity index (χ3v) is 6.04. The number of benzene rings is 1. The predicted molar refractivity (Wildman–Crippen MR) is 123 cm³/mol. The average molecular weight is 500 g/mol. The quantitative estimate of drug-likeness (QED) is 0.399. The number of fused-ring (bicyclic) bond motifs is 1. The summed E-state index contributed by atoms with van der Waals surface area (Å²) in [4.78, 5) is 13.4. The Labute approximate surface area is 204 Å². The number of aromatic hydroxyl groups is 1. The maximum atomic E-state index is 13.4. The largest absolute Gasteiger partial charge is 0.508 e. The van der Waals surface area contributed by atoms with Crippen LogP contribution in [0.1, 0.15) is 18.6 Å². The highest BCUT2D eigenvalue weighted by Crippen LogP contribution is 2.36. The van der Waals surface area contributed by atoms with Crippen LogP contribution in [0.25, 0.3) is 16.7 Å². The number of phenols is 1. The van der Waals surface area contributed by atoms with Crippen LogP contribution in [0.15, 0.2) is 69.5 Å². The normalized spacial score (nSPS) is 28.0. The van der Waals surface area contributed by atoms with E-state index < -0.39 is 48.5 Å². The number of aliphatic hydroxyl groups is 4. The van der Waals surface area contributed by atoms with Crippen molar-refractivity contribution in [2.45, 2.75) is 43.5 Å². The smallest absolute Gasteiger partial charge is 0.235 e. The van der Waals surface area contributed by atoms with E-state index in [9.17, 15) is 30.3 Å². The molecule has 5 N–H and O–H groups in total. The lowest BCUT2D eigenvalue weighted by atomic mass is 9.99. The van der Waals surface area contributed by atoms with Crippen molar-refractivity contribution in [3.8, 4) is 11.5 Å². The van der Waals surface area contributed by atoms with Crippen molar-refractivity contribution in [1.29, 1.82) is 0 Å². The fraction of sp³-hybridized carbons (Fsp3) is 0.320. The van der Waals surface area contributed by atoms with Gasteiger partial charge in [-0.25, -0.2) is 0 Å². The molecule has 11 nitrogen and oxygen atoms in total. The molecule has 0 radical (unpaired) electrons. The molecule has 36 heavy (non-hydrogen) atoms. The molecule has 0 unspecified atom stereocenters. The molecule has 11 heteroatoms. The van der Waals surface area contributed by atoms with Gasteiger partial charge in [-0.3, -0.25) is 4.79 Å². The Morgan fingerprint density at radius 2 is 1.86 bits per heavy atom. The van der Waals surface area contributed by atoms with Crippen molar-refractivity contribution in [3.63, 3.8) is 0 Å². The zero-order chi connectivity index (χ0) is 25.4. The zero-order valence-corrected chi connectivity index (χ0v) is 18.8. The summed E-state index contributed by atoms with van der Waals surface area (Å²) in [5.74, 6) is -0.466. The standard InChI is InChI=1S/C25H24O11/c26-9-16-20(29)21(30)22(31)25(35-16)36-24-19(28)14-7-6-13(27)8-15(14)34-23(24)18-11-32-10-17(33-18)12-4-2-1-3-5-12/h1-2,4,6-8,10-11,16,20-22,25-27,29-31H,3,5,9H2/t16-,20+,21+,22-,25+/m1/s1. The molecule has 1 aliphatic carbocycles. The van der Waals surface area contributed by atoms with Crippen LogP contribution in [0.2, 0.25) is 0 Å². The number of rotatable bonds is 5. The van der Waals surface area contributed by atoms with E-state index in [-0.39, 0.29) is 28.2 Å². The number of hydrogen-bond donors (Lipinski definition) is 5. The van der Waals surface area contributed by atoms with Crippen LogP contribution < -0.4 is 10.2 Å². The summed E-state index contributed by atoms with van der Waals surface area (Å²) in [6, 6.07) is 3.87. The van der Waals surface area contributed by atoms with Crippen molar-refractivity contribution >= 4 is 16.7 Å². The molecule has 2 aliphatic heterocycles. The minimum absolute atomic E-state index is 0.0246. The third kappa shape index (κ3) is 4.38. The maximum absolute atomic E-state index is 13.4. The fourth-order valence-corrected chi connectivity index (χ4v) is 4.09. The topological polar surface area (TPSA) is 168 Å². The minimum atomic E-state index is -1.77. The second kappa shape index (κ2) is 9.80. The van der Waals surface area contributed by atoms with Gasteiger partial charge in [-0.2, -0.15) is 0 Å². The van der Waals surface area contributed by atoms with Crippen molar-refractivity contribution in [2.75, 3.05) is 6.61 Å². The Bertz CT molecular complexity index is 1330. The van der Waals surface area contributed by atoms with Crippen LogP contribution in [0.3, 0.4) is 0 Å². The summed E-state index contributed by atoms with van der Waals surface area (Å²) in [5, 5.41) is 50.1. The van der Waals surface area contributed by atoms with Crippen LogP contribution in [0, 0.1) is 0 Å². The van der Waals surface area contributed by atoms with Crippen LogP contribution in [0.5, 0.6) is 11.5 Å². The molecule has 5 atom stereocenters. The molecule has 3 aliphatic rings. The summed E-state index contributed by atoms with van der Waals surface area (Å²) in [6.45, 7) is -0.677. The number of hydrogen-bond acceptors (Lipinski definition) is 11. The van der Waals surface area contributed by atoms with Gasteiger partial charge < -0.3 is 48.9 Å². The summed E-state index contributed by atoms with van der Waals surface area (Å²) in [5.41, 5.74) is 0.181. The molecule has 0 spiro atoms. The Morgan fingerprint density at radius 3 is 2.61 bits per heavy atom. The lowest BCUT2D eigenvalue weighted by Gasteiger charge is -2.39. The summed E-state index contributed by atoms with van der Waals surface area (Å²) in [6.07, 6.45) is 1.85. The van der Waals surface area contributed by atoms with Crippen molar-refractivity contribution in [1.82, 2.24) is 0 Å². The summed E-state index contributed by atoms with van der Waals surface area (Å²) >= 11 is 0. The number of aliphatic hydroxyl groups excluding tert-OH is 4. The zero-order valence-electron chi connectivity index (χ0n) is 18.8. The lowest BCUT2D eigenvalue weighted by molar-refractivity contribution is -0.277. The van der Waals surface area contributed by atoms with E-state index >= 15 is 0 Å². The predicted octanol–water partition coefficient (Wildman–Crippen LogP) is 1.14. The van der Waals surface area contributed by atoms with E-state index in [1.807, 2.05) is 18.2 Å². The van der Waals surface area contributed by atoms with Gasteiger partial charge in [0.25, 0.3) is 0 Å². The van der Waals surface area contributed by atoms with Gasteiger partial charge in [0.2, 0.25) is 29.0 Å². The van der Waals surface area contributed by atoms with Crippen molar-refractivity contribution < 1.29 is 48.9 Å². The minimum Gasteiger partial charge on any atom is -0.508 e. The second-order valence-corrected chi connectivity index (χ2v) is 8.45. The molecule has 190 valence electrons. The summed E-state index contributed by atoms with van der Waals surface area (Å²) < 4.78 is 28.4. The highest BCUT2D eigenvalue weighted by Gasteiger charge is 2.45. The van der Waals surface area contributed by atoms with E-state index in [2.05, 4.69) is 0 Å². The van der Waals surface area contributed by atoms with Crippen molar-refractivity contribution in [2.24, 2.45) is 0 Å². The molecule has 0 bridgehead atoms. The Hall–Kier alpha value is -3.61. The molecule has 1 saturated heterocycles. The van der Waals surface area contributed by atoms with E-state index in [0.717, 1.165) is 12.0 Å². The molecule has 0 amide bonds. The lowest BCUT2D eigenvalue weighted by Crippen LogP contribution is -2.60. The Balaban J connectivity index is 1.56. The molecular weight excluding hydrogens is 476 g/mol. The number of allylic oxidation sites excluding steroid dienone is 4. The van der Waals surface area contributed by atoms with Gasteiger partial charge in [0.05, 0.1) is 12.0 Å². The monoisotopic (exact) mass is 500 g/mol. The van der Waals surface area contributed by atoms with Gasteiger partial charge in [-0.05, 0) is 30.5 Å². The molecular formula is C25H24O11. The fourth-order valence-electron chi connectivity index (χ4n) is 4.09. The van der Waals surface area contributed by atoms with Gasteiger partial charge in [-0.1, -0.05) is 18.2 Å². The summed E-state index contributed by atoms with van der Waals surface area (Å²) in [7, 11) is 0. The molecule has 3 heterocycles. The van der Waals surface area contributed by atoms with Crippen LogP contribution in [-0.2, 0) is 14.2 Å². The van der Waals surface area contributed by atoms with Gasteiger partial charge in [-0.15, -0.1) is 0 Å². The molecule has 1 aromatic heterocycles. The van der Waals surface area contributed by atoms with E-state index in [1.54, 1.807) is 0 Å². The van der Waals surface area contributed by atoms with Gasteiger partial charge in [0.15, 0.2) is 5.76 Å². The first-order valence-corrected chi connectivity index (χ1v) is 11.2. The molecule has 1 fully saturated rings. The Morgan fingerprint density at radius 1 is 1.06 bits per heavy atom. The van der Waals surface area contributed by atoms with Gasteiger partial charge in [0.1, 0.15) is 48.3 Å². The van der Waals surface area contributed by atoms with E-state index in [0.29, 0.717) is 12.2 Å². The van der Waals surface area contributed by atoms with Crippen LogP contribution in [-0.4, -0.2) is 62.8 Å². The van der Waals surface area contributed by atoms with Crippen molar-refractivity contribution in [3.05, 3.63) is 76.3 Å². The first-order chi connectivity index (χ1) is 17.4. The second-order valence-electron chi connectivity index (χ2n) is 8.45. The molecule has 0 saturated carbocycles. The number of ether oxygens (including phenoxy) is 4. The molecule has 5 rings (SSSR count). The van der Waals surface area contributed by atoms with Gasteiger partial charge >= 0.3 is 0 Å². The van der Waals surface area contributed by atoms with Crippen LogP contribution >= 0.6 is 0 Å². The first kappa shape index (κ1) is 24.1. The highest BCUT2D eigenvalue weighted by molar-refractivity contribution is 5.81.